The third-order valence-electron chi connectivity index (χ3n) is 1.86. The molecule has 0 aliphatic heterocycles. The summed E-state index contributed by atoms with van der Waals surface area (Å²) >= 11 is 12.2. The highest BCUT2D eigenvalue weighted by Crippen LogP contribution is 2.28. The zero-order chi connectivity index (χ0) is 11.6. The Labute approximate surface area is 113 Å². The molecule has 1 aromatic rings. The van der Waals surface area contributed by atoms with Crippen LogP contribution in [0.2, 0.25) is 0 Å². The summed E-state index contributed by atoms with van der Waals surface area (Å²) in [5.41, 5.74) is 0.986. The highest BCUT2D eigenvalue weighted by atomic mass is 79.9. The third-order valence-corrected chi connectivity index (χ3v) is 3.72. The number of halogens is 2. The normalized spacial score (nSPS) is 11.3. The highest BCUT2D eigenvalue weighted by Gasteiger charge is 2.17. The van der Waals surface area contributed by atoms with Crippen LogP contribution in [0, 0.1) is 5.41 Å². The van der Waals surface area contributed by atoms with Crippen molar-refractivity contribution < 1.29 is 0 Å². The van der Waals surface area contributed by atoms with E-state index in [0.717, 1.165) is 19.6 Å². The molecular formula is C11H13Br2NS. The smallest absolute Gasteiger partial charge is 0.0851 e. The highest BCUT2D eigenvalue weighted by molar-refractivity contribution is 9.11. The minimum absolute atomic E-state index is 0.0121. The molecule has 0 radical (unpaired) electrons. The summed E-state index contributed by atoms with van der Waals surface area (Å²) in [6, 6.07) is 5.97. The van der Waals surface area contributed by atoms with E-state index in [1.165, 1.54) is 0 Å². The van der Waals surface area contributed by atoms with Crippen molar-refractivity contribution in [3.8, 4) is 0 Å². The van der Waals surface area contributed by atoms with Crippen LogP contribution in [0.15, 0.2) is 27.1 Å². The molecular weight excluding hydrogens is 338 g/mol. The minimum Gasteiger partial charge on any atom is -0.349 e. The number of thiocarbonyl (C=S) groups is 1. The summed E-state index contributed by atoms with van der Waals surface area (Å²) in [5.74, 6) is 0. The lowest BCUT2D eigenvalue weighted by molar-refractivity contribution is 0.600. The van der Waals surface area contributed by atoms with Gasteiger partial charge in [0.05, 0.1) is 10.7 Å². The van der Waals surface area contributed by atoms with Gasteiger partial charge in [0, 0.05) is 14.4 Å². The summed E-state index contributed by atoms with van der Waals surface area (Å²) < 4.78 is 2.05. The zero-order valence-corrected chi connectivity index (χ0v) is 12.9. The second-order valence-corrected chi connectivity index (χ2v) is 6.51. The molecule has 0 heterocycles. The molecule has 0 aliphatic rings. The van der Waals surface area contributed by atoms with Crippen molar-refractivity contribution >= 4 is 54.8 Å². The molecule has 0 amide bonds. The van der Waals surface area contributed by atoms with E-state index in [2.05, 4.69) is 57.9 Å². The van der Waals surface area contributed by atoms with Gasteiger partial charge in [0.1, 0.15) is 0 Å². The summed E-state index contributed by atoms with van der Waals surface area (Å²) in [5, 5.41) is 3.24. The van der Waals surface area contributed by atoms with E-state index < -0.39 is 0 Å². The Morgan fingerprint density at radius 3 is 2.33 bits per heavy atom. The average Bonchev–Trinajstić information content (AvgIpc) is 2.08. The number of nitrogens with one attached hydrogen (secondary N) is 1. The minimum atomic E-state index is -0.0121. The maximum absolute atomic E-state index is 5.32. The first kappa shape index (κ1) is 13.1. The molecule has 1 nitrogen and oxygen atoms in total. The predicted molar refractivity (Wildman–Crippen MR) is 77.5 cm³/mol. The van der Waals surface area contributed by atoms with Crippen molar-refractivity contribution in [2.45, 2.75) is 20.8 Å². The molecule has 0 unspecified atom stereocenters. The first-order valence-electron chi connectivity index (χ1n) is 4.57. The fraction of sp³-hybridized carbons (Fsp3) is 0.364. The van der Waals surface area contributed by atoms with Crippen LogP contribution in [-0.2, 0) is 0 Å². The van der Waals surface area contributed by atoms with E-state index >= 15 is 0 Å². The van der Waals surface area contributed by atoms with Crippen LogP contribution in [0.1, 0.15) is 20.8 Å². The van der Waals surface area contributed by atoms with E-state index in [-0.39, 0.29) is 5.41 Å². The van der Waals surface area contributed by atoms with Crippen molar-refractivity contribution in [1.29, 1.82) is 0 Å². The fourth-order valence-corrected chi connectivity index (χ4v) is 2.16. The second kappa shape index (κ2) is 4.93. The van der Waals surface area contributed by atoms with Crippen LogP contribution in [-0.4, -0.2) is 4.99 Å². The molecule has 0 fully saturated rings. The topological polar surface area (TPSA) is 12.0 Å². The van der Waals surface area contributed by atoms with E-state index in [1.807, 2.05) is 18.2 Å². The maximum atomic E-state index is 5.32. The zero-order valence-electron chi connectivity index (χ0n) is 8.90. The van der Waals surface area contributed by atoms with Crippen LogP contribution >= 0.6 is 44.1 Å². The maximum Gasteiger partial charge on any atom is 0.0851 e. The molecule has 1 rings (SSSR count). The SMILES string of the molecule is CC(C)(C)C(=S)Nc1ccc(Br)cc1Br. The molecule has 0 saturated carbocycles. The lowest BCUT2D eigenvalue weighted by Crippen LogP contribution is -2.25. The predicted octanol–water partition coefficient (Wildman–Crippen LogP) is 5.00. The van der Waals surface area contributed by atoms with Gasteiger partial charge in [-0.3, -0.25) is 0 Å². The molecule has 0 saturated heterocycles. The van der Waals surface area contributed by atoms with Gasteiger partial charge >= 0.3 is 0 Å². The van der Waals surface area contributed by atoms with E-state index in [0.29, 0.717) is 0 Å². The first-order chi connectivity index (χ1) is 6.80. The summed E-state index contributed by atoms with van der Waals surface area (Å²) in [6.07, 6.45) is 0. The summed E-state index contributed by atoms with van der Waals surface area (Å²) in [7, 11) is 0. The molecule has 1 N–H and O–H groups in total. The van der Waals surface area contributed by atoms with E-state index in [4.69, 9.17) is 12.2 Å². The molecule has 4 heteroatoms. The average molecular weight is 351 g/mol. The van der Waals surface area contributed by atoms with Gasteiger partial charge in [0.2, 0.25) is 0 Å². The van der Waals surface area contributed by atoms with Gasteiger partial charge in [-0.2, -0.15) is 0 Å². The Morgan fingerprint density at radius 2 is 1.87 bits per heavy atom. The van der Waals surface area contributed by atoms with Crippen molar-refractivity contribution in [3.05, 3.63) is 27.1 Å². The molecule has 0 atom stereocenters. The van der Waals surface area contributed by atoms with Gasteiger partial charge in [-0.05, 0) is 34.1 Å². The Kier molecular flexibility index (Phi) is 4.32. The lowest BCUT2D eigenvalue weighted by Gasteiger charge is -2.21. The Balaban J connectivity index is 2.87. The van der Waals surface area contributed by atoms with Crippen LogP contribution < -0.4 is 5.32 Å². The Morgan fingerprint density at radius 1 is 1.27 bits per heavy atom. The third kappa shape index (κ3) is 3.85. The first-order valence-corrected chi connectivity index (χ1v) is 6.56. The number of hydrogen-bond acceptors (Lipinski definition) is 1. The van der Waals surface area contributed by atoms with Crippen molar-refractivity contribution in [2.24, 2.45) is 5.41 Å². The Bertz CT molecular complexity index is 383. The van der Waals surface area contributed by atoms with E-state index in [9.17, 15) is 0 Å². The molecule has 0 spiro atoms. The van der Waals surface area contributed by atoms with Gasteiger partial charge in [0.25, 0.3) is 0 Å². The van der Waals surface area contributed by atoms with Crippen LogP contribution in [0.5, 0.6) is 0 Å². The largest absolute Gasteiger partial charge is 0.349 e. The molecule has 0 aromatic heterocycles. The fourth-order valence-electron chi connectivity index (χ4n) is 0.901. The van der Waals surface area contributed by atoms with Crippen LogP contribution in [0.4, 0.5) is 5.69 Å². The van der Waals surface area contributed by atoms with Crippen molar-refractivity contribution in [1.82, 2.24) is 0 Å². The monoisotopic (exact) mass is 349 g/mol. The number of rotatable bonds is 1. The summed E-state index contributed by atoms with van der Waals surface area (Å²) in [4.78, 5) is 0.838. The van der Waals surface area contributed by atoms with Crippen molar-refractivity contribution in [3.63, 3.8) is 0 Å². The van der Waals surface area contributed by atoms with Gasteiger partial charge in [-0.15, -0.1) is 0 Å². The van der Waals surface area contributed by atoms with Gasteiger partial charge in [-0.25, -0.2) is 0 Å². The molecule has 1 aromatic carbocycles. The summed E-state index contributed by atoms with van der Waals surface area (Å²) in [6.45, 7) is 6.28. The van der Waals surface area contributed by atoms with Gasteiger partial charge < -0.3 is 5.32 Å². The van der Waals surface area contributed by atoms with Crippen LogP contribution in [0.3, 0.4) is 0 Å². The Hall–Kier alpha value is 0.0700. The van der Waals surface area contributed by atoms with Gasteiger partial charge in [0.15, 0.2) is 0 Å². The standard InChI is InChI=1S/C11H13Br2NS/c1-11(2,3)10(15)14-9-5-4-7(12)6-8(9)13/h4-6H,1-3H3,(H,14,15). The van der Waals surface area contributed by atoms with E-state index in [1.54, 1.807) is 0 Å². The molecule has 0 aliphatic carbocycles. The second-order valence-electron chi connectivity index (χ2n) is 4.33. The number of benzene rings is 1. The lowest BCUT2D eigenvalue weighted by atomic mass is 9.96. The number of hydrogen-bond donors (Lipinski definition) is 1. The van der Waals surface area contributed by atoms with Crippen molar-refractivity contribution in [2.75, 3.05) is 5.32 Å². The van der Waals surface area contributed by atoms with Gasteiger partial charge in [-0.1, -0.05) is 48.9 Å². The molecule has 0 bridgehead atoms. The van der Waals surface area contributed by atoms with Crippen LogP contribution in [0.25, 0.3) is 0 Å². The number of anilines is 1. The molecule has 82 valence electrons. The quantitative estimate of drug-likeness (QED) is 0.715. The molecule has 15 heavy (non-hydrogen) atoms.